The number of rotatable bonds is 9. The monoisotopic (exact) mass is 407 g/mol. The predicted molar refractivity (Wildman–Crippen MR) is 113 cm³/mol. The van der Waals surface area contributed by atoms with Gasteiger partial charge in [0.15, 0.2) is 5.85 Å². The molecule has 2 aromatic carbocycles. The molecular weight excluding hydrogens is 377 g/mol. The summed E-state index contributed by atoms with van der Waals surface area (Å²) in [4.78, 5) is 1.95. The Balaban J connectivity index is 2.51. The third-order valence-corrected chi connectivity index (χ3v) is 6.84. The van der Waals surface area contributed by atoms with Crippen LogP contribution < -0.4 is 19.7 Å². The first kappa shape index (κ1) is 22.3. The number of aliphatic hydroxyl groups is 1. The topological polar surface area (TPSA) is 68.2 Å². The van der Waals surface area contributed by atoms with Crippen molar-refractivity contribution >= 4 is 18.4 Å². The molecule has 0 amide bonds. The van der Waals surface area contributed by atoms with Gasteiger partial charge in [0.1, 0.15) is 11.5 Å². The van der Waals surface area contributed by atoms with Crippen LogP contribution in [-0.2, 0) is 9.09 Å². The Kier molecular flexibility index (Phi) is 7.53. The number of ether oxygens (including phenoxy) is 2. The summed E-state index contributed by atoms with van der Waals surface area (Å²) in [5.74, 6) is -0.220. The van der Waals surface area contributed by atoms with Crippen LogP contribution in [-0.4, -0.2) is 40.0 Å². The Bertz CT molecular complexity index is 820. The highest BCUT2D eigenvalue weighted by Crippen LogP contribution is 2.59. The van der Waals surface area contributed by atoms with Gasteiger partial charge in [0.05, 0.1) is 20.8 Å². The van der Waals surface area contributed by atoms with Gasteiger partial charge in [-0.3, -0.25) is 4.57 Å². The molecule has 0 heterocycles. The van der Waals surface area contributed by atoms with E-state index in [2.05, 4.69) is 0 Å². The van der Waals surface area contributed by atoms with E-state index in [1.165, 1.54) is 7.11 Å². The van der Waals surface area contributed by atoms with Crippen LogP contribution in [0.1, 0.15) is 25.3 Å². The van der Waals surface area contributed by atoms with Gasteiger partial charge in [-0.25, -0.2) is 0 Å². The fourth-order valence-electron chi connectivity index (χ4n) is 2.72. The van der Waals surface area contributed by atoms with Crippen molar-refractivity contribution < 1.29 is 23.7 Å². The second-order valence-electron chi connectivity index (χ2n) is 7.18. The summed E-state index contributed by atoms with van der Waals surface area (Å²) in [6.07, 6.45) is 0. The molecule has 6 nitrogen and oxygen atoms in total. The van der Waals surface area contributed by atoms with Crippen LogP contribution in [0.5, 0.6) is 11.5 Å². The Morgan fingerprint density at radius 2 is 1.68 bits per heavy atom. The number of aliphatic hydroxyl groups excluding tert-OH is 1. The zero-order chi connectivity index (χ0) is 20.9. The van der Waals surface area contributed by atoms with Gasteiger partial charge >= 0.3 is 0 Å². The molecule has 0 bridgehead atoms. The van der Waals surface area contributed by atoms with Crippen LogP contribution in [0, 0.1) is 5.92 Å². The molecule has 1 N–H and O–H groups in total. The zero-order valence-corrected chi connectivity index (χ0v) is 18.3. The van der Waals surface area contributed by atoms with Crippen molar-refractivity contribution in [3.63, 3.8) is 0 Å². The van der Waals surface area contributed by atoms with E-state index in [0.717, 1.165) is 5.69 Å². The van der Waals surface area contributed by atoms with Gasteiger partial charge in [-0.1, -0.05) is 13.8 Å². The number of hydrogen-bond donors (Lipinski definition) is 1. The molecule has 0 aromatic heterocycles. The van der Waals surface area contributed by atoms with Crippen molar-refractivity contribution in [2.24, 2.45) is 5.92 Å². The quantitative estimate of drug-likeness (QED) is 0.633. The number of nitrogens with zero attached hydrogens (tertiary/aromatic N) is 1. The van der Waals surface area contributed by atoms with Gasteiger partial charge in [-0.2, -0.15) is 0 Å². The van der Waals surface area contributed by atoms with Crippen molar-refractivity contribution in [1.82, 2.24) is 0 Å². The lowest BCUT2D eigenvalue weighted by Crippen LogP contribution is -2.18. The molecule has 0 saturated heterocycles. The summed E-state index contributed by atoms with van der Waals surface area (Å²) in [7, 11) is 3.27. The molecule has 0 unspecified atom stereocenters. The number of methoxy groups -OCH3 is 2. The molecule has 2 atom stereocenters. The highest BCUT2D eigenvalue weighted by molar-refractivity contribution is 7.67. The van der Waals surface area contributed by atoms with Crippen LogP contribution in [0.25, 0.3) is 0 Å². The van der Waals surface area contributed by atoms with E-state index in [1.807, 2.05) is 45.0 Å². The lowest BCUT2D eigenvalue weighted by Gasteiger charge is -2.27. The van der Waals surface area contributed by atoms with Crippen molar-refractivity contribution in [2.75, 3.05) is 39.8 Å². The summed E-state index contributed by atoms with van der Waals surface area (Å²) in [5, 5.41) is 11.6. The smallest absolute Gasteiger partial charge is 0.264 e. The van der Waals surface area contributed by atoms with E-state index in [0.29, 0.717) is 22.4 Å². The summed E-state index contributed by atoms with van der Waals surface area (Å²) < 4.78 is 30.4. The predicted octanol–water partition coefficient (Wildman–Crippen LogP) is 4.04. The van der Waals surface area contributed by atoms with E-state index in [-0.39, 0.29) is 12.5 Å². The lowest BCUT2D eigenvalue weighted by atomic mass is 10.2. The van der Waals surface area contributed by atoms with Gasteiger partial charge in [-0.15, -0.1) is 0 Å². The minimum absolute atomic E-state index is 0.166. The molecule has 2 aromatic rings. The van der Waals surface area contributed by atoms with Crippen LogP contribution >= 0.6 is 7.37 Å². The molecule has 0 saturated carbocycles. The summed E-state index contributed by atoms with van der Waals surface area (Å²) in [5.41, 5.74) is 1.36. The molecule has 28 heavy (non-hydrogen) atoms. The van der Waals surface area contributed by atoms with Crippen molar-refractivity contribution in [3.8, 4) is 11.5 Å². The highest BCUT2D eigenvalue weighted by Gasteiger charge is 2.38. The molecule has 0 fully saturated rings. The van der Waals surface area contributed by atoms with Crippen molar-refractivity contribution in [2.45, 2.75) is 19.7 Å². The van der Waals surface area contributed by atoms with E-state index in [9.17, 15) is 9.67 Å². The van der Waals surface area contributed by atoms with Gasteiger partial charge in [0.25, 0.3) is 7.37 Å². The first-order chi connectivity index (χ1) is 13.2. The van der Waals surface area contributed by atoms with Crippen molar-refractivity contribution in [3.05, 3.63) is 48.0 Å². The molecule has 0 spiro atoms. The first-order valence-corrected chi connectivity index (χ1v) is 10.8. The minimum Gasteiger partial charge on any atom is -0.497 e. The highest BCUT2D eigenvalue weighted by atomic mass is 31.2. The number of hydrogen-bond acceptors (Lipinski definition) is 6. The standard InChI is InChI=1S/C21H30NO5P/c1-15(2)14-27-28(24,18-10-7-16(8-11-18)22(3)4)21(23)19-12-9-17(25-5)13-20(19)26-6/h7-13,15,21,23H,14H2,1-6H3/t21-,28+/m1/s1. The maximum Gasteiger partial charge on any atom is 0.264 e. The molecule has 154 valence electrons. The molecule has 0 aliphatic rings. The van der Waals surface area contributed by atoms with Crippen molar-refractivity contribution in [1.29, 1.82) is 0 Å². The minimum atomic E-state index is -3.64. The van der Waals surface area contributed by atoms with E-state index in [1.54, 1.807) is 37.4 Å². The Labute approximate surface area is 167 Å². The fraction of sp³-hybridized carbons (Fsp3) is 0.429. The Hall–Kier alpha value is -2.01. The third kappa shape index (κ3) is 4.88. The summed E-state index contributed by atoms with van der Waals surface area (Å²) >= 11 is 0. The Morgan fingerprint density at radius 3 is 2.18 bits per heavy atom. The molecule has 0 radical (unpaired) electrons. The fourth-order valence-corrected chi connectivity index (χ4v) is 4.96. The molecule has 0 aliphatic heterocycles. The second-order valence-corrected chi connectivity index (χ2v) is 9.64. The molecule has 2 rings (SSSR count). The average molecular weight is 407 g/mol. The zero-order valence-electron chi connectivity index (χ0n) is 17.4. The SMILES string of the molecule is COc1ccc([C@H](O)[P@@](=O)(OCC(C)C)c2ccc(N(C)C)cc2)c(OC)c1. The number of benzene rings is 2. The maximum absolute atomic E-state index is 14.0. The second kappa shape index (κ2) is 9.46. The third-order valence-electron chi connectivity index (χ3n) is 4.37. The van der Waals surface area contributed by atoms with Crippen LogP contribution in [0.3, 0.4) is 0 Å². The van der Waals surface area contributed by atoms with Gasteiger partial charge in [-0.05, 0) is 42.3 Å². The Morgan fingerprint density at radius 1 is 1.04 bits per heavy atom. The molecule has 0 aliphatic carbocycles. The first-order valence-electron chi connectivity index (χ1n) is 9.15. The average Bonchev–Trinajstić information content (AvgIpc) is 2.70. The lowest BCUT2D eigenvalue weighted by molar-refractivity contribution is 0.199. The van der Waals surface area contributed by atoms with Gasteiger partial charge < -0.3 is 24.0 Å². The molecular formula is C21H30NO5P. The maximum atomic E-state index is 14.0. The van der Waals surface area contributed by atoms with Crippen LogP contribution in [0.15, 0.2) is 42.5 Å². The summed E-state index contributed by atoms with van der Waals surface area (Å²) in [6.45, 7) is 4.21. The normalized spacial score (nSPS) is 14.4. The van der Waals surface area contributed by atoms with Gasteiger partial charge in [0.2, 0.25) is 0 Å². The number of anilines is 1. The van der Waals surface area contributed by atoms with E-state index in [4.69, 9.17) is 14.0 Å². The van der Waals surface area contributed by atoms with Crippen LogP contribution in [0.2, 0.25) is 0 Å². The van der Waals surface area contributed by atoms with E-state index >= 15 is 0 Å². The van der Waals surface area contributed by atoms with E-state index < -0.39 is 13.2 Å². The van der Waals surface area contributed by atoms with Gasteiger partial charge in [0, 0.05) is 36.7 Å². The summed E-state index contributed by atoms with van der Waals surface area (Å²) in [6, 6.07) is 12.2. The molecule has 7 heteroatoms. The largest absolute Gasteiger partial charge is 0.497 e. The van der Waals surface area contributed by atoms with Crippen LogP contribution in [0.4, 0.5) is 5.69 Å².